The number of Topliss-reactive ketones (excluding diaryl/α,β-unsaturated/α-hetero) is 1. The SMILES string of the molecule is CCc1cc(O)cc(CC)c1C1=C(O)C(C)(C)OC(C)C1=O. The lowest BCUT2D eigenvalue weighted by Gasteiger charge is -2.35. The fourth-order valence-electron chi connectivity index (χ4n) is 3.04. The number of aromatic hydroxyl groups is 1. The van der Waals surface area contributed by atoms with Crippen LogP contribution in [-0.2, 0) is 22.4 Å². The van der Waals surface area contributed by atoms with Crippen LogP contribution in [0.1, 0.15) is 51.3 Å². The van der Waals surface area contributed by atoms with Crippen LogP contribution in [0.15, 0.2) is 17.9 Å². The molecule has 2 N–H and O–H groups in total. The number of phenolic OH excluding ortho intramolecular Hbond substituents is 1. The van der Waals surface area contributed by atoms with Gasteiger partial charge in [-0.3, -0.25) is 4.79 Å². The van der Waals surface area contributed by atoms with Gasteiger partial charge in [0.25, 0.3) is 0 Å². The third kappa shape index (κ3) is 2.63. The molecular weight excluding hydrogens is 280 g/mol. The molecule has 0 aliphatic carbocycles. The first-order valence-corrected chi connectivity index (χ1v) is 7.73. The number of ether oxygens (including phenoxy) is 1. The number of hydrogen-bond donors (Lipinski definition) is 2. The lowest BCUT2D eigenvalue weighted by molar-refractivity contribution is -0.137. The molecule has 1 unspecified atom stereocenters. The van der Waals surface area contributed by atoms with E-state index in [-0.39, 0.29) is 17.3 Å². The number of rotatable bonds is 3. The molecule has 0 saturated carbocycles. The molecule has 1 atom stereocenters. The van der Waals surface area contributed by atoms with Gasteiger partial charge < -0.3 is 14.9 Å². The van der Waals surface area contributed by atoms with Crippen molar-refractivity contribution < 1.29 is 19.7 Å². The number of benzene rings is 1. The van der Waals surface area contributed by atoms with Gasteiger partial charge in [-0.25, -0.2) is 0 Å². The Morgan fingerprint density at radius 2 is 1.64 bits per heavy atom. The third-order valence-corrected chi connectivity index (χ3v) is 4.19. The van der Waals surface area contributed by atoms with Gasteiger partial charge in [0.1, 0.15) is 23.2 Å². The minimum absolute atomic E-state index is 0.0364. The number of hydrogen-bond acceptors (Lipinski definition) is 4. The highest BCUT2D eigenvalue weighted by molar-refractivity contribution is 6.24. The van der Waals surface area contributed by atoms with Crippen molar-refractivity contribution in [1.29, 1.82) is 0 Å². The van der Waals surface area contributed by atoms with E-state index >= 15 is 0 Å². The average Bonchev–Trinajstić information content (AvgIpc) is 2.45. The number of aliphatic hydroxyl groups is 1. The van der Waals surface area contributed by atoms with Crippen LogP contribution >= 0.6 is 0 Å². The summed E-state index contributed by atoms with van der Waals surface area (Å²) in [5, 5.41) is 20.5. The highest BCUT2D eigenvalue weighted by atomic mass is 16.5. The van der Waals surface area contributed by atoms with E-state index in [1.165, 1.54) is 0 Å². The van der Waals surface area contributed by atoms with Crippen molar-refractivity contribution >= 4 is 11.4 Å². The number of aliphatic hydroxyl groups excluding tert-OH is 1. The van der Waals surface area contributed by atoms with Gasteiger partial charge in [0.05, 0.1) is 5.57 Å². The summed E-state index contributed by atoms with van der Waals surface area (Å²) < 4.78 is 5.61. The van der Waals surface area contributed by atoms with Gasteiger partial charge in [0.2, 0.25) is 0 Å². The summed E-state index contributed by atoms with van der Waals surface area (Å²) in [6.45, 7) is 9.14. The van der Waals surface area contributed by atoms with E-state index in [1.807, 2.05) is 13.8 Å². The summed E-state index contributed by atoms with van der Waals surface area (Å²) in [4.78, 5) is 12.6. The van der Waals surface area contributed by atoms with Crippen molar-refractivity contribution in [3.63, 3.8) is 0 Å². The molecule has 2 rings (SSSR count). The van der Waals surface area contributed by atoms with Crippen LogP contribution in [0.2, 0.25) is 0 Å². The molecule has 4 nitrogen and oxygen atoms in total. The summed E-state index contributed by atoms with van der Waals surface area (Å²) in [6.07, 6.45) is 0.719. The van der Waals surface area contributed by atoms with Gasteiger partial charge in [-0.2, -0.15) is 0 Å². The van der Waals surface area contributed by atoms with Crippen molar-refractivity contribution in [2.45, 2.75) is 59.2 Å². The van der Waals surface area contributed by atoms with E-state index in [1.54, 1.807) is 32.9 Å². The first-order chi connectivity index (χ1) is 10.2. The normalized spacial score (nSPS) is 21.3. The topological polar surface area (TPSA) is 66.8 Å². The maximum absolute atomic E-state index is 12.6. The van der Waals surface area contributed by atoms with E-state index in [0.717, 1.165) is 16.7 Å². The lowest BCUT2D eigenvalue weighted by Crippen LogP contribution is -2.42. The van der Waals surface area contributed by atoms with Crippen molar-refractivity contribution in [2.75, 3.05) is 0 Å². The summed E-state index contributed by atoms with van der Waals surface area (Å²) in [7, 11) is 0. The van der Waals surface area contributed by atoms with Crippen molar-refractivity contribution in [3.05, 3.63) is 34.6 Å². The molecule has 0 fully saturated rings. The highest BCUT2D eigenvalue weighted by Gasteiger charge is 2.41. The maximum Gasteiger partial charge on any atom is 0.195 e. The number of aryl methyl sites for hydroxylation is 2. The average molecular weight is 304 g/mol. The summed E-state index contributed by atoms with van der Waals surface area (Å²) in [5.41, 5.74) is 1.88. The zero-order valence-corrected chi connectivity index (χ0v) is 13.9. The number of carbonyl (C=O) groups excluding carboxylic acids is 1. The molecular formula is C18H24O4. The molecule has 0 radical (unpaired) electrons. The molecule has 0 spiro atoms. The molecule has 1 aromatic carbocycles. The second kappa shape index (κ2) is 5.76. The number of phenols is 1. The van der Waals surface area contributed by atoms with Crippen LogP contribution in [0.5, 0.6) is 5.75 Å². The Hall–Kier alpha value is -1.81. The number of carbonyl (C=O) groups is 1. The summed E-state index contributed by atoms with van der Waals surface area (Å²) in [5.74, 6) is -0.0676. The third-order valence-electron chi connectivity index (χ3n) is 4.19. The Balaban J connectivity index is 2.81. The monoisotopic (exact) mass is 304 g/mol. The highest BCUT2D eigenvalue weighted by Crippen LogP contribution is 2.39. The van der Waals surface area contributed by atoms with Crippen LogP contribution in [0.4, 0.5) is 0 Å². The van der Waals surface area contributed by atoms with E-state index < -0.39 is 11.7 Å². The van der Waals surface area contributed by atoms with Crippen molar-refractivity contribution in [1.82, 2.24) is 0 Å². The first-order valence-electron chi connectivity index (χ1n) is 7.73. The quantitative estimate of drug-likeness (QED) is 0.896. The van der Waals surface area contributed by atoms with Gasteiger partial charge >= 0.3 is 0 Å². The van der Waals surface area contributed by atoms with Crippen LogP contribution in [0.3, 0.4) is 0 Å². The lowest BCUT2D eigenvalue weighted by atomic mass is 9.83. The molecule has 22 heavy (non-hydrogen) atoms. The van der Waals surface area contributed by atoms with E-state index in [0.29, 0.717) is 18.4 Å². The van der Waals surface area contributed by atoms with E-state index in [2.05, 4.69) is 0 Å². The molecule has 0 amide bonds. The second-order valence-electron chi connectivity index (χ2n) is 6.20. The van der Waals surface area contributed by atoms with Crippen LogP contribution < -0.4 is 0 Å². The fourth-order valence-corrected chi connectivity index (χ4v) is 3.04. The first kappa shape index (κ1) is 16.6. The van der Waals surface area contributed by atoms with E-state index in [4.69, 9.17) is 4.74 Å². The molecule has 1 heterocycles. The standard InChI is InChI=1S/C18H24O4/c1-6-11-8-13(19)9-12(7-2)14(11)15-16(20)10(3)22-18(4,5)17(15)21/h8-10,19,21H,6-7H2,1-5H3. The van der Waals surface area contributed by atoms with Gasteiger partial charge in [0, 0.05) is 0 Å². The van der Waals surface area contributed by atoms with Gasteiger partial charge in [-0.15, -0.1) is 0 Å². The Morgan fingerprint density at radius 1 is 1.14 bits per heavy atom. The Labute approximate surface area is 131 Å². The maximum atomic E-state index is 12.6. The smallest absolute Gasteiger partial charge is 0.195 e. The van der Waals surface area contributed by atoms with Crippen LogP contribution in [0.25, 0.3) is 5.57 Å². The molecule has 120 valence electrons. The predicted octanol–water partition coefficient (Wildman–Crippen LogP) is 3.55. The molecule has 1 aliphatic rings. The van der Waals surface area contributed by atoms with Crippen molar-refractivity contribution in [2.24, 2.45) is 0 Å². The fraction of sp³-hybridized carbons (Fsp3) is 0.500. The van der Waals surface area contributed by atoms with Crippen LogP contribution in [-0.4, -0.2) is 27.7 Å². The van der Waals surface area contributed by atoms with Crippen molar-refractivity contribution in [3.8, 4) is 5.75 Å². The Morgan fingerprint density at radius 3 is 2.09 bits per heavy atom. The summed E-state index contributed by atoms with van der Waals surface area (Å²) >= 11 is 0. The number of ketones is 1. The van der Waals surface area contributed by atoms with Crippen LogP contribution in [0, 0.1) is 0 Å². The molecule has 1 aliphatic heterocycles. The molecule has 0 saturated heterocycles. The molecule has 4 heteroatoms. The second-order valence-corrected chi connectivity index (χ2v) is 6.20. The molecule has 0 aromatic heterocycles. The Kier molecular flexibility index (Phi) is 4.34. The Bertz CT molecular complexity index is 615. The minimum Gasteiger partial charge on any atom is -0.508 e. The van der Waals surface area contributed by atoms with Gasteiger partial charge in [0.15, 0.2) is 5.78 Å². The molecule has 0 bridgehead atoms. The van der Waals surface area contributed by atoms with Gasteiger partial charge in [-0.1, -0.05) is 13.8 Å². The zero-order chi connectivity index (χ0) is 16.7. The largest absolute Gasteiger partial charge is 0.508 e. The van der Waals surface area contributed by atoms with E-state index in [9.17, 15) is 15.0 Å². The zero-order valence-electron chi connectivity index (χ0n) is 13.9. The summed E-state index contributed by atoms with van der Waals surface area (Å²) in [6, 6.07) is 3.32. The van der Waals surface area contributed by atoms with Gasteiger partial charge in [-0.05, 0) is 62.4 Å². The molecule has 1 aromatic rings. The predicted molar refractivity (Wildman–Crippen MR) is 86.0 cm³/mol. The minimum atomic E-state index is -0.906.